The molecule has 0 aliphatic rings. The third-order valence-corrected chi connectivity index (χ3v) is 3.97. The molecule has 0 aliphatic heterocycles. The van der Waals surface area contributed by atoms with Gasteiger partial charge in [-0.25, -0.2) is 0 Å². The normalized spacial score (nSPS) is 11.3. The van der Waals surface area contributed by atoms with Crippen LogP contribution >= 0.6 is 0 Å². The van der Waals surface area contributed by atoms with E-state index in [1.807, 2.05) is 14.1 Å². The summed E-state index contributed by atoms with van der Waals surface area (Å²) in [5, 5.41) is 30.2. The van der Waals surface area contributed by atoms with Crippen molar-refractivity contribution in [2.45, 2.75) is 0 Å². The fraction of sp³-hybridized carbons (Fsp3) is 1.00. The molecule has 0 aromatic carbocycles. The fourth-order valence-electron chi connectivity index (χ4n) is 2.36. The number of nitrogens with one attached hydrogen (secondary N) is 9. The Labute approximate surface area is 167 Å². The molecular formula is C18H47N9. The highest BCUT2D eigenvalue weighted by Crippen LogP contribution is 1.65. The largest absolute Gasteiger partial charge is 0.318 e. The van der Waals surface area contributed by atoms with E-state index < -0.39 is 0 Å². The maximum atomic E-state index is 3.45. The lowest BCUT2D eigenvalue weighted by molar-refractivity contribution is 0.546. The second-order valence-corrected chi connectivity index (χ2v) is 6.46. The lowest BCUT2D eigenvalue weighted by atomic mass is 10.5. The smallest absolute Gasteiger partial charge is 0.00772 e. The van der Waals surface area contributed by atoms with Gasteiger partial charge in [0.25, 0.3) is 0 Å². The molecule has 0 heterocycles. The van der Waals surface area contributed by atoms with Gasteiger partial charge in [-0.1, -0.05) is 0 Å². The topological polar surface area (TPSA) is 108 Å². The maximum Gasteiger partial charge on any atom is 0.00772 e. The molecule has 0 aromatic rings. The molecule has 0 fully saturated rings. The lowest BCUT2D eigenvalue weighted by Crippen LogP contribution is -2.38. The van der Waals surface area contributed by atoms with E-state index in [0.29, 0.717) is 0 Å². The third kappa shape index (κ3) is 25.6. The molecule has 0 amide bonds. The van der Waals surface area contributed by atoms with Crippen molar-refractivity contribution in [3.63, 3.8) is 0 Å². The minimum atomic E-state index is 1.02. The Balaban J connectivity index is 2.95. The predicted molar refractivity (Wildman–Crippen MR) is 118 cm³/mol. The highest BCUT2D eigenvalue weighted by Gasteiger charge is 1.92. The SMILES string of the molecule is CNCCNCCNCCNCCNCCNCCNCCNCCNC. The van der Waals surface area contributed by atoms with Gasteiger partial charge in [-0.3, -0.25) is 0 Å². The van der Waals surface area contributed by atoms with E-state index >= 15 is 0 Å². The van der Waals surface area contributed by atoms with Crippen LogP contribution in [0.25, 0.3) is 0 Å². The van der Waals surface area contributed by atoms with Gasteiger partial charge in [0.15, 0.2) is 0 Å². The fourth-order valence-corrected chi connectivity index (χ4v) is 2.36. The summed E-state index contributed by atoms with van der Waals surface area (Å²) in [7, 11) is 3.95. The van der Waals surface area contributed by atoms with E-state index in [2.05, 4.69) is 47.9 Å². The van der Waals surface area contributed by atoms with Crippen LogP contribution in [0.15, 0.2) is 0 Å². The molecule has 0 spiro atoms. The standard InChI is InChI=1S/C18H47N9/c1-19-3-5-21-7-9-23-11-13-25-15-17-27-18-16-26-14-12-24-10-8-22-6-4-20-2/h19-27H,3-18H2,1-2H3. The van der Waals surface area contributed by atoms with Gasteiger partial charge < -0.3 is 47.9 Å². The van der Waals surface area contributed by atoms with E-state index in [1.54, 1.807) is 0 Å². The molecule has 0 atom stereocenters. The zero-order chi connectivity index (χ0) is 19.7. The van der Waals surface area contributed by atoms with Crippen LogP contribution in [0.2, 0.25) is 0 Å². The molecule has 9 N–H and O–H groups in total. The first-order chi connectivity index (χ1) is 13.4. The van der Waals surface area contributed by atoms with E-state index in [4.69, 9.17) is 0 Å². The molecule has 0 saturated carbocycles. The predicted octanol–water partition coefficient (Wildman–Crippen LogP) is -3.45. The first-order valence-electron chi connectivity index (χ1n) is 10.7. The monoisotopic (exact) mass is 389 g/mol. The van der Waals surface area contributed by atoms with Crippen molar-refractivity contribution in [3.8, 4) is 0 Å². The average molecular weight is 390 g/mol. The zero-order valence-electron chi connectivity index (χ0n) is 17.8. The first-order valence-corrected chi connectivity index (χ1v) is 10.7. The van der Waals surface area contributed by atoms with Crippen LogP contribution in [0, 0.1) is 0 Å². The Hall–Kier alpha value is -0.360. The molecule has 0 saturated heterocycles. The van der Waals surface area contributed by atoms with Crippen molar-refractivity contribution in [2.24, 2.45) is 0 Å². The van der Waals surface area contributed by atoms with Crippen LogP contribution in [0.5, 0.6) is 0 Å². The number of likely N-dealkylation sites (N-methyl/N-ethyl adjacent to an activating group) is 2. The molecule has 0 unspecified atom stereocenters. The van der Waals surface area contributed by atoms with Crippen LogP contribution in [-0.2, 0) is 0 Å². The van der Waals surface area contributed by atoms with E-state index in [9.17, 15) is 0 Å². The van der Waals surface area contributed by atoms with Gasteiger partial charge in [-0.2, -0.15) is 0 Å². The van der Waals surface area contributed by atoms with Crippen LogP contribution in [-0.4, -0.2) is 119 Å². The summed E-state index contributed by atoms with van der Waals surface area (Å²) in [6, 6.07) is 0. The van der Waals surface area contributed by atoms with Gasteiger partial charge in [0.05, 0.1) is 0 Å². The molecule has 9 heteroatoms. The minimum absolute atomic E-state index is 1.02. The van der Waals surface area contributed by atoms with Gasteiger partial charge in [-0.05, 0) is 14.1 Å². The van der Waals surface area contributed by atoms with Crippen molar-refractivity contribution in [1.29, 1.82) is 0 Å². The Morgan fingerprint density at radius 2 is 0.407 bits per heavy atom. The average Bonchev–Trinajstić information content (AvgIpc) is 2.68. The van der Waals surface area contributed by atoms with E-state index in [0.717, 1.165) is 105 Å². The highest BCUT2D eigenvalue weighted by atomic mass is 15.0. The van der Waals surface area contributed by atoms with Crippen molar-refractivity contribution in [3.05, 3.63) is 0 Å². The van der Waals surface area contributed by atoms with E-state index in [1.165, 1.54) is 0 Å². The second-order valence-electron chi connectivity index (χ2n) is 6.46. The summed E-state index contributed by atoms with van der Waals surface area (Å²) in [4.78, 5) is 0. The number of hydrogen-bond donors (Lipinski definition) is 9. The summed E-state index contributed by atoms with van der Waals surface area (Å²) in [6.07, 6.45) is 0. The Morgan fingerprint density at radius 1 is 0.259 bits per heavy atom. The van der Waals surface area contributed by atoms with Crippen LogP contribution in [0.4, 0.5) is 0 Å². The van der Waals surface area contributed by atoms with Gasteiger partial charge in [0.2, 0.25) is 0 Å². The van der Waals surface area contributed by atoms with Gasteiger partial charge in [0.1, 0.15) is 0 Å². The maximum absolute atomic E-state index is 3.45. The van der Waals surface area contributed by atoms with Crippen LogP contribution in [0.1, 0.15) is 0 Å². The number of rotatable bonds is 24. The second kappa shape index (κ2) is 25.6. The zero-order valence-corrected chi connectivity index (χ0v) is 17.8. The quantitative estimate of drug-likeness (QED) is 0.0779. The third-order valence-electron chi connectivity index (χ3n) is 3.97. The molecule has 164 valence electrons. The van der Waals surface area contributed by atoms with Crippen molar-refractivity contribution in [1.82, 2.24) is 47.9 Å². The Bertz CT molecular complexity index is 233. The van der Waals surface area contributed by atoms with Crippen molar-refractivity contribution in [2.75, 3.05) is 119 Å². The van der Waals surface area contributed by atoms with Crippen LogP contribution in [0.3, 0.4) is 0 Å². The molecule has 0 radical (unpaired) electrons. The molecular weight excluding hydrogens is 342 g/mol. The van der Waals surface area contributed by atoms with E-state index in [-0.39, 0.29) is 0 Å². The summed E-state index contributed by atoms with van der Waals surface area (Å²) in [5.41, 5.74) is 0. The molecule has 0 bridgehead atoms. The molecule has 0 aromatic heterocycles. The molecule has 27 heavy (non-hydrogen) atoms. The first kappa shape index (κ1) is 26.6. The summed E-state index contributed by atoms with van der Waals surface area (Å²) in [5.74, 6) is 0. The van der Waals surface area contributed by atoms with Gasteiger partial charge in [0, 0.05) is 105 Å². The van der Waals surface area contributed by atoms with Crippen molar-refractivity contribution < 1.29 is 0 Å². The van der Waals surface area contributed by atoms with Crippen molar-refractivity contribution >= 4 is 0 Å². The molecule has 9 nitrogen and oxygen atoms in total. The number of hydrogen-bond acceptors (Lipinski definition) is 9. The van der Waals surface area contributed by atoms with Gasteiger partial charge in [-0.15, -0.1) is 0 Å². The summed E-state index contributed by atoms with van der Waals surface area (Å²) < 4.78 is 0. The van der Waals surface area contributed by atoms with Crippen LogP contribution < -0.4 is 47.9 Å². The Morgan fingerprint density at radius 3 is 0.556 bits per heavy atom. The molecule has 0 aliphatic carbocycles. The lowest BCUT2D eigenvalue weighted by Gasteiger charge is -2.09. The Kier molecular flexibility index (Phi) is 25.3. The summed E-state index contributed by atoms with van der Waals surface area (Å²) >= 11 is 0. The van der Waals surface area contributed by atoms with Gasteiger partial charge >= 0.3 is 0 Å². The highest BCUT2D eigenvalue weighted by molar-refractivity contribution is 4.59. The summed E-state index contributed by atoms with van der Waals surface area (Å²) in [6.45, 7) is 16.4. The minimum Gasteiger partial charge on any atom is -0.318 e. The molecule has 0 rings (SSSR count).